The van der Waals surface area contributed by atoms with E-state index in [2.05, 4.69) is 17.2 Å². The van der Waals surface area contributed by atoms with Gasteiger partial charge in [-0.1, -0.05) is 26.2 Å². The van der Waals surface area contributed by atoms with E-state index in [1.165, 1.54) is 32.1 Å². The highest BCUT2D eigenvalue weighted by atomic mass is 16.4. The fourth-order valence-corrected chi connectivity index (χ4v) is 2.67. The van der Waals surface area contributed by atoms with Gasteiger partial charge in [0.15, 0.2) is 0 Å². The molecule has 1 aliphatic rings. The van der Waals surface area contributed by atoms with Gasteiger partial charge in [-0.15, -0.1) is 0 Å². The van der Waals surface area contributed by atoms with Crippen LogP contribution in [0.25, 0.3) is 0 Å². The van der Waals surface area contributed by atoms with Gasteiger partial charge in [0.1, 0.15) is 5.76 Å². The van der Waals surface area contributed by atoms with Crippen LogP contribution in [0.5, 0.6) is 0 Å². The highest BCUT2D eigenvalue weighted by molar-refractivity contribution is 4.91. The molecule has 0 amide bonds. The zero-order valence-corrected chi connectivity index (χ0v) is 10.3. The number of hydrogen-bond donors (Lipinski definition) is 1. The number of nitrogens with zero attached hydrogens (tertiary/aromatic N) is 1. The quantitative estimate of drug-likeness (QED) is 0.851. The molecule has 1 aliphatic carbocycles. The van der Waals surface area contributed by atoms with Gasteiger partial charge in [0.2, 0.25) is 5.89 Å². The maximum absolute atomic E-state index is 5.47. The van der Waals surface area contributed by atoms with Crippen molar-refractivity contribution >= 4 is 0 Å². The molecule has 0 spiro atoms. The summed E-state index contributed by atoms with van der Waals surface area (Å²) in [7, 11) is 0. The van der Waals surface area contributed by atoms with Crippen LogP contribution in [0.15, 0.2) is 10.6 Å². The fraction of sp³-hybridized carbons (Fsp3) is 0.769. The number of oxazole rings is 1. The lowest BCUT2D eigenvalue weighted by atomic mass is 9.83. The van der Waals surface area contributed by atoms with E-state index in [0.717, 1.165) is 24.1 Å². The van der Waals surface area contributed by atoms with Crippen molar-refractivity contribution in [3.63, 3.8) is 0 Å². The van der Waals surface area contributed by atoms with Crippen LogP contribution in [0.4, 0.5) is 0 Å². The number of hydrogen-bond acceptors (Lipinski definition) is 3. The number of aryl methyl sites for hydroxylation is 1. The van der Waals surface area contributed by atoms with Crippen LogP contribution in [-0.4, -0.2) is 11.0 Å². The molecule has 1 saturated carbocycles. The molecule has 0 bridgehead atoms. The summed E-state index contributed by atoms with van der Waals surface area (Å²) in [5.41, 5.74) is 0. The van der Waals surface area contributed by atoms with E-state index < -0.39 is 0 Å². The standard InChI is InChI=1S/C13H22N2O/c1-3-11-6-4-5-7-12(11)14-9-13-15-8-10(2)16-13/h8,11-12,14H,3-7,9H2,1-2H3. The van der Waals surface area contributed by atoms with Crippen molar-refractivity contribution in [2.24, 2.45) is 5.92 Å². The lowest BCUT2D eigenvalue weighted by molar-refractivity contribution is 0.247. The molecule has 0 aromatic carbocycles. The Kier molecular flexibility index (Phi) is 3.99. The van der Waals surface area contributed by atoms with Gasteiger partial charge in [-0.2, -0.15) is 0 Å². The molecule has 1 aromatic rings. The van der Waals surface area contributed by atoms with Crippen LogP contribution < -0.4 is 5.32 Å². The molecule has 16 heavy (non-hydrogen) atoms. The van der Waals surface area contributed by atoms with Crippen molar-refractivity contribution in [2.45, 2.75) is 58.5 Å². The van der Waals surface area contributed by atoms with E-state index in [1.54, 1.807) is 6.20 Å². The average molecular weight is 222 g/mol. The molecule has 2 rings (SSSR count). The van der Waals surface area contributed by atoms with Gasteiger partial charge in [0.05, 0.1) is 12.7 Å². The zero-order valence-electron chi connectivity index (χ0n) is 10.3. The average Bonchev–Trinajstić information content (AvgIpc) is 2.73. The smallest absolute Gasteiger partial charge is 0.208 e. The number of nitrogens with one attached hydrogen (secondary N) is 1. The Labute approximate surface area is 97.6 Å². The molecule has 0 radical (unpaired) electrons. The second kappa shape index (κ2) is 5.48. The molecule has 0 saturated heterocycles. The van der Waals surface area contributed by atoms with Crippen LogP contribution in [0.2, 0.25) is 0 Å². The summed E-state index contributed by atoms with van der Waals surface area (Å²) < 4.78 is 5.47. The fourth-order valence-electron chi connectivity index (χ4n) is 2.67. The molecule has 2 unspecified atom stereocenters. The summed E-state index contributed by atoms with van der Waals surface area (Å²) in [5, 5.41) is 3.60. The molecule has 3 nitrogen and oxygen atoms in total. The maximum atomic E-state index is 5.47. The first-order valence-electron chi connectivity index (χ1n) is 6.44. The molecule has 1 N–H and O–H groups in total. The van der Waals surface area contributed by atoms with Gasteiger partial charge in [-0.3, -0.25) is 0 Å². The topological polar surface area (TPSA) is 38.1 Å². The predicted octanol–water partition coefficient (Wildman–Crippen LogP) is 3.04. The van der Waals surface area contributed by atoms with E-state index >= 15 is 0 Å². The van der Waals surface area contributed by atoms with E-state index in [-0.39, 0.29) is 0 Å². The van der Waals surface area contributed by atoms with Crippen molar-refractivity contribution < 1.29 is 4.42 Å². The van der Waals surface area contributed by atoms with Crippen molar-refractivity contribution in [3.05, 3.63) is 17.8 Å². The van der Waals surface area contributed by atoms with Crippen LogP contribution in [0, 0.1) is 12.8 Å². The first kappa shape index (κ1) is 11.6. The monoisotopic (exact) mass is 222 g/mol. The summed E-state index contributed by atoms with van der Waals surface area (Å²) in [6, 6.07) is 0.658. The third-order valence-corrected chi connectivity index (χ3v) is 3.62. The summed E-state index contributed by atoms with van der Waals surface area (Å²) in [6.07, 6.45) is 8.50. The van der Waals surface area contributed by atoms with Crippen LogP contribution >= 0.6 is 0 Å². The zero-order chi connectivity index (χ0) is 11.4. The van der Waals surface area contributed by atoms with Gasteiger partial charge in [-0.25, -0.2) is 4.98 Å². The Balaban J connectivity index is 1.84. The minimum atomic E-state index is 0.658. The Morgan fingerprint density at radius 2 is 2.25 bits per heavy atom. The summed E-state index contributed by atoms with van der Waals surface area (Å²) in [6.45, 7) is 5.00. The number of rotatable bonds is 4. The highest BCUT2D eigenvalue weighted by Gasteiger charge is 2.23. The lowest BCUT2D eigenvalue weighted by Gasteiger charge is -2.31. The van der Waals surface area contributed by atoms with Crippen LogP contribution in [-0.2, 0) is 6.54 Å². The summed E-state index contributed by atoms with van der Waals surface area (Å²) in [5.74, 6) is 2.55. The normalized spacial score (nSPS) is 25.9. The van der Waals surface area contributed by atoms with Gasteiger partial charge in [0, 0.05) is 6.04 Å². The molecular weight excluding hydrogens is 200 g/mol. The SMILES string of the molecule is CCC1CCCCC1NCc1ncc(C)o1. The van der Waals surface area contributed by atoms with Crippen molar-refractivity contribution in [2.75, 3.05) is 0 Å². The van der Waals surface area contributed by atoms with Crippen LogP contribution in [0.1, 0.15) is 50.7 Å². The number of aromatic nitrogens is 1. The maximum Gasteiger partial charge on any atom is 0.208 e. The Morgan fingerprint density at radius 3 is 2.94 bits per heavy atom. The molecule has 2 atom stereocenters. The second-order valence-corrected chi connectivity index (χ2v) is 4.80. The molecule has 1 aromatic heterocycles. The van der Waals surface area contributed by atoms with E-state index in [4.69, 9.17) is 4.42 Å². The lowest BCUT2D eigenvalue weighted by Crippen LogP contribution is -2.37. The Morgan fingerprint density at radius 1 is 1.44 bits per heavy atom. The third kappa shape index (κ3) is 2.85. The third-order valence-electron chi connectivity index (χ3n) is 3.62. The van der Waals surface area contributed by atoms with E-state index in [9.17, 15) is 0 Å². The molecule has 0 aliphatic heterocycles. The Bertz CT molecular complexity index is 321. The summed E-state index contributed by atoms with van der Waals surface area (Å²) >= 11 is 0. The van der Waals surface area contributed by atoms with Gasteiger partial charge < -0.3 is 9.73 Å². The van der Waals surface area contributed by atoms with Crippen molar-refractivity contribution in [1.29, 1.82) is 0 Å². The van der Waals surface area contributed by atoms with Crippen molar-refractivity contribution in [3.8, 4) is 0 Å². The predicted molar refractivity (Wildman–Crippen MR) is 64.1 cm³/mol. The molecular formula is C13H22N2O. The largest absolute Gasteiger partial charge is 0.445 e. The molecule has 1 fully saturated rings. The molecule has 3 heteroatoms. The Hall–Kier alpha value is -0.830. The minimum absolute atomic E-state index is 0.658. The van der Waals surface area contributed by atoms with E-state index in [1.807, 2.05) is 6.92 Å². The summed E-state index contributed by atoms with van der Waals surface area (Å²) in [4.78, 5) is 4.22. The highest BCUT2D eigenvalue weighted by Crippen LogP contribution is 2.26. The van der Waals surface area contributed by atoms with Gasteiger partial charge in [-0.05, 0) is 25.7 Å². The minimum Gasteiger partial charge on any atom is -0.445 e. The molecule has 1 heterocycles. The molecule has 90 valence electrons. The second-order valence-electron chi connectivity index (χ2n) is 4.80. The van der Waals surface area contributed by atoms with E-state index in [0.29, 0.717) is 6.04 Å². The van der Waals surface area contributed by atoms with Gasteiger partial charge >= 0.3 is 0 Å². The first-order valence-corrected chi connectivity index (χ1v) is 6.44. The van der Waals surface area contributed by atoms with Crippen LogP contribution in [0.3, 0.4) is 0 Å². The first-order chi connectivity index (χ1) is 7.79. The van der Waals surface area contributed by atoms with Crippen molar-refractivity contribution in [1.82, 2.24) is 10.3 Å². The van der Waals surface area contributed by atoms with Gasteiger partial charge in [0.25, 0.3) is 0 Å².